The first-order valence-corrected chi connectivity index (χ1v) is 8.03. The molecule has 1 N–H and O–H groups in total. The van der Waals surface area contributed by atoms with Crippen LogP contribution in [-0.2, 0) is 15.1 Å². The number of nitriles is 2. The molecule has 0 bridgehead atoms. The van der Waals surface area contributed by atoms with Crippen molar-refractivity contribution >= 4 is 11.6 Å². The van der Waals surface area contributed by atoms with Crippen molar-refractivity contribution in [3.8, 4) is 12.1 Å². The van der Waals surface area contributed by atoms with Crippen molar-refractivity contribution in [3.05, 3.63) is 29.8 Å². The molecular formula is C18H22N4O2. The smallest absolute Gasteiger partial charge is 0.221 e. The van der Waals surface area contributed by atoms with Gasteiger partial charge in [0.15, 0.2) is 0 Å². The summed E-state index contributed by atoms with van der Waals surface area (Å²) in [5, 5.41) is 21.9. The number of benzene rings is 1. The zero-order valence-corrected chi connectivity index (χ0v) is 14.1. The van der Waals surface area contributed by atoms with E-state index in [9.17, 15) is 10.1 Å². The minimum atomic E-state index is -0.881. The Morgan fingerprint density at radius 1 is 1.33 bits per heavy atom. The van der Waals surface area contributed by atoms with Crippen molar-refractivity contribution in [3.63, 3.8) is 0 Å². The Balaban J connectivity index is 2.42. The molecule has 2 atom stereocenters. The lowest BCUT2D eigenvalue weighted by Crippen LogP contribution is -2.54. The number of hydrogen-bond acceptors (Lipinski definition) is 5. The average molecular weight is 326 g/mol. The molecule has 1 aliphatic rings. The number of nitrogens with zero attached hydrogens (tertiary/aromatic N) is 3. The molecule has 1 amide bonds. The molecule has 6 heteroatoms. The van der Waals surface area contributed by atoms with E-state index in [0.717, 1.165) is 5.56 Å². The summed E-state index contributed by atoms with van der Waals surface area (Å²) in [6.45, 7) is 5.84. The lowest BCUT2D eigenvalue weighted by Gasteiger charge is -2.44. The number of amides is 1. The highest BCUT2D eigenvalue weighted by Crippen LogP contribution is 2.38. The van der Waals surface area contributed by atoms with Crippen LogP contribution in [0, 0.1) is 28.6 Å². The summed E-state index contributed by atoms with van der Waals surface area (Å²) in [7, 11) is 0. The first kappa shape index (κ1) is 17.9. The molecule has 1 aromatic carbocycles. The van der Waals surface area contributed by atoms with Crippen LogP contribution in [0.5, 0.6) is 0 Å². The summed E-state index contributed by atoms with van der Waals surface area (Å²) in [4.78, 5) is 13.3. The van der Waals surface area contributed by atoms with Crippen molar-refractivity contribution in [2.75, 3.05) is 31.6 Å². The Morgan fingerprint density at radius 3 is 2.46 bits per heavy atom. The molecule has 0 aromatic heterocycles. The number of carbonyl (C=O) groups is 1. The van der Waals surface area contributed by atoms with Crippen LogP contribution in [0.3, 0.4) is 0 Å². The number of hydrogen-bond donors (Lipinski definition) is 1. The zero-order valence-electron chi connectivity index (χ0n) is 14.1. The molecule has 2 rings (SSSR count). The quantitative estimate of drug-likeness (QED) is 0.896. The second-order valence-corrected chi connectivity index (χ2v) is 6.00. The van der Waals surface area contributed by atoms with E-state index in [1.807, 2.05) is 19.1 Å². The average Bonchev–Trinajstić information content (AvgIpc) is 2.58. The van der Waals surface area contributed by atoms with Crippen molar-refractivity contribution in [1.82, 2.24) is 4.90 Å². The molecule has 2 unspecified atom stereocenters. The van der Waals surface area contributed by atoms with Crippen molar-refractivity contribution in [1.29, 1.82) is 10.5 Å². The van der Waals surface area contributed by atoms with E-state index in [1.165, 1.54) is 6.92 Å². The van der Waals surface area contributed by atoms with Crippen LogP contribution >= 0.6 is 0 Å². The van der Waals surface area contributed by atoms with Crippen molar-refractivity contribution in [2.24, 2.45) is 5.92 Å². The van der Waals surface area contributed by atoms with Crippen LogP contribution in [0.2, 0.25) is 0 Å². The summed E-state index contributed by atoms with van der Waals surface area (Å²) in [5.41, 5.74) is 0.644. The molecule has 1 aromatic rings. The van der Waals surface area contributed by atoms with Gasteiger partial charge in [0.05, 0.1) is 25.4 Å². The van der Waals surface area contributed by atoms with Crippen LogP contribution in [0.25, 0.3) is 0 Å². The van der Waals surface area contributed by atoms with Crippen molar-refractivity contribution < 1.29 is 9.53 Å². The Bertz CT molecular complexity index is 653. The molecule has 0 saturated carbocycles. The van der Waals surface area contributed by atoms with E-state index in [4.69, 9.17) is 10.00 Å². The Hall–Kier alpha value is -2.41. The van der Waals surface area contributed by atoms with Gasteiger partial charge in [0.2, 0.25) is 5.91 Å². The van der Waals surface area contributed by atoms with Crippen LogP contribution in [0.4, 0.5) is 5.69 Å². The molecule has 0 radical (unpaired) electrons. The van der Waals surface area contributed by atoms with Gasteiger partial charge < -0.3 is 10.1 Å². The van der Waals surface area contributed by atoms with Gasteiger partial charge in [-0.25, -0.2) is 0 Å². The number of morpholine rings is 1. The molecule has 1 aliphatic heterocycles. The largest absolute Gasteiger partial charge is 0.379 e. The second-order valence-electron chi connectivity index (χ2n) is 6.00. The number of anilines is 1. The monoisotopic (exact) mass is 326 g/mol. The predicted octanol–water partition coefficient (Wildman–Crippen LogP) is 2.25. The number of carbonyl (C=O) groups excluding carboxylic acids is 1. The van der Waals surface area contributed by atoms with Gasteiger partial charge in [0, 0.05) is 38.0 Å². The Morgan fingerprint density at radius 2 is 1.96 bits per heavy atom. The molecule has 1 heterocycles. The highest BCUT2D eigenvalue weighted by molar-refractivity contribution is 5.88. The predicted molar refractivity (Wildman–Crippen MR) is 89.8 cm³/mol. The number of nitrogens with one attached hydrogen (secondary N) is 1. The molecule has 0 spiro atoms. The summed E-state index contributed by atoms with van der Waals surface area (Å²) in [5.74, 6) is -0.294. The first-order chi connectivity index (χ1) is 11.5. The van der Waals surface area contributed by atoms with Gasteiger partial charge in [-0.1, -0.05) is 19.1 Å². The minimum Gasteiger partial charge on any atom is -0.379 e. The Labute approximate surface area is 142 Å². The number of rotatable bonds is 5. The third-order valence-corrected chi connectivity index (χ3v) is 4.44. The van der Waals surface area contributed by atoms with Gasteiger partial charge in [-0.05, 0) is 17.7 Å². The standard InChI is InChI=1S/C18H22N4O2/c1-14(7-8-19)18(13-20,22-9-11-24-12-10-22)16-3-5-17(6-4-16)21-15(2)23/h3-6,14H,7,9-12H2,1-2H3,(H,21,23). The summed E-state index contributed by atoms with van der Waals surface area (Å²) in [6.07, 6.45) is 0.290. The summed E-state index contributed by atoms with van der Waals surface area (Å²) < 4.78 is 5.41. The van der Waals surface area contributed by atoms with Crippen LogP contribution < -0.4 is 5.32 Å². The fourth-order valence-electron chi connectivity index (χ4n) is 3.24. The van der Waals surface area contributed by atoms with Gasteiger partial charge in [-0.15, -0.1) is 0 Å². The molecule has 1 saturated heterocycles. The maximum atomic E-state index is 11.2. The van der Waals surface area contributed by atoms with Crippen LogP contribution in [0.15, 0.2) is 24.3 Å². The van der Waals surface area contributed by atoms with E-state index in [0.29, 0.717) is 38.4 Å². The van der Waals surface area contributed by atoms with Gasteiger partial charge in [0.1, 0.15) is 5.54 Å². The fraction of sp³-hybridized carbons (Fsp3) is 0.500. The molecule has 6 nitrogen and oxygen atoms in total. The summed E-state index contributed by atoms with van der Waals surface area (Å²) >= 11 is 0. The maximum absolute atomic E-state index is 11.2. The normalized spacial score (nSPS) is 18.7. The molecule has 24 heavy (non-hydrogen) atoms. The van der Waals surface area contributed by atoms with Gasteiger partial charge in [-0.3, -0.25) is 9.69 Å². The molecular weight excluding hydrogens is 304 g/mol. The highest BCUT2D eigenvalue weighted by atomic mass is 16.5. The van der Waals surface area contributed by atoms with Gasteiger partial charge >= 0.3 is 0 Å². The third kappa shape index (κ3) is 3.56. The van der Waals surface area contributed by atoms with Crippen molar-refractivity contribution in [2.45, 2.75) is 25.8 Å². The SMILES string of the molecule is CC(=O)Nc1ccc(C(C#N)(C(C)CC#N)N2CCOCC2)cc1. The lowest BCUT2D eigenvalue weighted by atomic mass is 9.76. The number of ether oxygens (including phenoxy) is 1. The van der Waals surface area contributed by atoms with E-state index >= 15 is 0 Å². The van der Waals surface area contributed by atoms with E-state index in [2.05, 4.69) is 22.4 Å². The van der Waals surface area contributed by atoms with E-state index < -0.39 is 5.54 Å². The maximum Gasteiger partial charge on any atom is 0.221 e. The molecule has 0 aliphatic carbocycles. The topological polar surface area (TPSA) is 89.2 Å². The fourth-order valence-corrected chi connectivity index (χ4v) is 3.24. The summed E-state index contributed by atoms with van der Waals surface area (Å²) in [6, 6.07) is 12.0. The van der Waals surface area contributed by atoms with E-state index in [1.54, 1.807) is 12.1 Å². The molecule has 126 valence electrons. The third-order valence-electron chi connectivity index (χ3n) is 4.44. The van der Waals surface area contributed by atoms with Gasteiger partial charge in [0.25, 0.3) is 0 Å². The second kappa shape index (κ2) is 7.92. The lowest BCUT2D eigenvalue weighted by molar-refractivity contribution is -0.114. The minimum absolute atomic E-state index is 0.139. The van der Waals surface area contributed by atoms with E-state index in [-0.39, 0.29) is 11.8 Å². The zero-order chi connectivity index (χ0) is 17.6. The Kier molecular flexibility index (Phi) is 5.92. The van der Waals surface area contributed by atoms with Gasteiger partial charge in [-0.2, -0.15) is 10.5 Å². The van der Waals surface area contributed by atoms with Crippen LogP contribution in [-0.4, -0.2) is 37.1 Å². The van der Waals surface area contributed by atoms with Crippen LogP contribution in [0.1, 0.15) is 25.8 Å². The first-order valence-electron chi connectivity index (χ1n) is 8.03. The molecule has 1 fully saturated rings. The highest BCUT2D eigenvalue weighted by Gasteiger charge is 2.44.